The number of esters is 1. The molecular weight excluding hydrogens is 180 g/mol. The summed E-state index contributed by atoms with van der Waals surface area (Å²) in [4.78, 5) is 11.6. The summed E-state index contributed by atoms with van der Waals surface area (Å²) in [6.07, 6.45) is 1.82. The molecule has 1 spiro atoms. The zero-order valence-electron chi connectivity index (χ0n) is 9.02. The Bertz CT molecular complexity index is 245. The summed E-state index contributed by atoms with van der Waals surface area (Å²) in [5, 5.41) is 0. The summed E-state index contributed by atoms with van der Waals surface area (Å²) in [5.41, 5.74) is 6.01. The normalized spacial score (nSPS) is 36.1. The molecule has 0 aromatic heterocycles. The molecule has 1 heterocycles. The Morgan fingerprint density at radius 3 is 2.36 bits per heavy atom. The summed E-state index contributed by atoms with van der Waals surface area (Å²) in [5.74, 6) is 0.0562. The molecule has 0 atom stereocenters. The third-order valence-corrected chi connectivity index (χ3v) is 2.79. The standard InChI is InChI=1S/C10H18N2O2/c1-9(2,3)14-8(13)7-4-10(5-7)6-11-12-10/h7,11-12H,4-6H2,1-3H3. The minimum absolute atomic E-state index is 0.0446. The zero-order chi connectivity index (χ0) is 10.4. The third kappa shape index (κ3) is 1.77. The predicted molar refractivity (Wildman–Crippen MR) is 52.4 cm³/mol. The van der Waals surface area contributed by atoms with Crippen molar-refractivity contribution in [3.8, 4) is 0 Å². The van der Waals surface area contributed by atoms with Crippen molar-refractivity contribution >= 4 is 5.97 Å². The number of hydrogen-bond donors (Lipinski definition) is 2. The SMILES string of the molecule is CC(C)(C)OC(=O)C1CC2(CNN2)C1. The fourth-order valence-corrected chi connectivity index (χ4v) is 2.02. The van der Waals surface area contributed by atoms with Gasteiger partial charge in [0, 0.05) is 12.1 Å². The lowest BCUT2D eigenvalue weighted by Gasteiger charge is -2.54. The van der Waals surface area contributed by atoms with E-state index in [4.69, 9.17) is 4.74 Å². The molecule has 4 heteroatoms. The quantitative estimate of drug-likeness (QED) is 0.605. The summed E-state index contributed by atoms with van der Waals surface area (Å²) in [6, 6.07) is 0. The van der Waals surface area contributed by atoms with Crippen LogP contribution in [0.25, 0.3) is 0 Å². The monoisotopic (exact) mass is 198 g/mol. The minimum Gasteiger partial charge on any atom is -0.460 e. The second-order valence-electron chi connectivity index (χ2n) is 5.40. The lowest BCUT2D eigenvalue weighted by atomic mass is 9.67. The molecule has 0 unspecified atom stereocenters. The van der Waals surface area contributed by atoms with Crippen LogP contribution in [-0.2, 0) is 9.53 Å². The smallest absolute Gasteiger partial charge is 0.309 e. The molecule has 2 aliphatic rings. The lowest BCUT2D eigenvalue weighted by molar-refractivity contribution is -0.168. The summed E-state index contributed by atoms with van der Waals surface area (Å²) < 4.78 is 5.32. The van der Waals surface area contributed by atoms with Gasteiger partial charge in [-0.3, -0.25) is 15.6 Å². The van der Waals surface area contributed by atoms with Gasteiger partial charge < -0.3 is 4.74 Å². The molecular formula is C10H18N2O2. The van der Waals surface area contributed by atoms with Crippen LogP contribution in [0.4, 0.5) is 0 Å². The van der Waals surface area contributed by atoms with Crippen molar-refractivity contribution in [2.45, 2.75) is 44.8 Å². The van der Waals surface area contributed by atoms with Crippen LogP contribution in [0.5, 0.6) is 0 Å². The Morgan fingerprint density at radius 2 is 2.00 bits per heavy atom. The predicted octanol–water partition coefficient (Wildman–Crippen LogP) is 0.585. The van der Waals surface area contributed by atoms with Gasteiger partial charge in [-0.25, -0.2) is 0 Å². The Balaban J connectivity index is 1.79. The first-order valence-electron chi connectivity index (χ1n) is 5.13. The highest BCUT2D eigenvalue weighted by Gasteiger charge is 2.52. The van der Waals surface area contributed by atoms with Crippen molar-refractivity contribution in [2.24, 2.45) is 5.92 Å². The average molecular weight is 198 g/mol. The van der Waals surface area contributed by atoms with Gasteiger partial charge >= 0.3 is 5.97 Å². The van der Waals surface area contributed by atoms with Crippen molar-refractivity contribution in [1.29, 1.82) is 0 Å². The molecule has 0 amide bonds. The minimum atomic E-state index is -0.356. The molecule has 4 nitrogen and oxygen atoms in total. The fourth-order valence-electron chi connectivity index (χ4n) is 2.02. The summed E-state index contributed by atoms with van der Waals surface area (Å²) >= 11 is 0. The molecule has 1 aliphatic carbocycles. The number of carbonyl (C=O) groups excluding carboxylic acids is 1. The molecule has 0 radical (unpaired) electrons. The Hall–Kier alpha value is -0.610. The van der Waals surface area contributed by atoms with Crippen molar-refractivity contribution in [1.82, 2.24) is 10.9 Å². The Kier molecular flexibility index (Phi) is 2.08. The number of hydrogen-bond acceptors (Lipinski definition) is 4. The molecule has 14 heavy (non-hydrogen) atoms. The van der Waals surface area contributed by atoms with E-state index in [1.165, 1.54) is 0 Å². The van der Waals surface area contributed by atoms with E-state index in [-0.39, 0.29) is 23.0 Å². The molecule has 1 saturated heterocycles. The molecule has 0 aromatic rings. The van der Waals surface area contributed by atoms with Crippen LogP contribution in [0, 0.1) is 5.92 Å². The van der Waals surface area contributed by atoms with Gasteiger partial charge in [-0.1, -0.05) is 0 Å². The number of hydrazine groups is 1. The average Bonchev–Trinajstić information content (AvgIpc) is 1.74. The molecule has 80 valence electrons. The van der Waals surface area contributed by atoms with E-state index in [2.05, 4.69) is 10.9 Å². The molecule has 1 saturated carbocycles. The van der Waals surface area contributed by atoms with Crippen LogP contribution < -0.4 is 10.9 Å². The largest absolute Gasteiger partial charge is 0.460 e. The van der Waals surface area contributed by atoms with Gasteiger partial charge in [0.1, 0.15) is 5.60 Å². The van der Waals surface area contributed by atoms with E-state index in [1.54, 1.807) is 0 Å². The first kappa shape index (κ1) is 9.93. The third-order valence-electron chi connectivity index (χ3n) is 2.79. The van der Waals surface area contributed by atoms with Gasteiger partial charge in [0.05, 0.1) is 5.92 Å². The van der Waals surface area contributed by atoms with Crippen molar-refractivity contribution in [2.75, 3.05) is 6.54 Å². The topological polar surface area (TPSA) is 50.4 Å². The molecule has 2 N–H and O–H groups in total. The van der Waals surface area contributed by atoms with E-state index >= 15 is 0 Å². The zero-order valence-corrected chi connectivity index (χ0v) is 9.02. The molecule has 2 rings (SSSR count). The van der Waals surface area contributed by atoms with Crippen LogP contribution in [0.15, 0.2) is 0 Å². The highest BCUT2D eigenvalue weighted by atomic mass is 16.6. The number of ether oxygens (including phenoxy) is 1. The van der Waals surface area contributed by atoms with Crippen molar-refractivity contribution < 1.29 is 9.53 Å². The van der Waals surface area contributed by atoms with Crippen molar-refractivity contribution in [3.63, 3.8) is 0 Å². The van der Waals surface area contributed by atoms with Crippen LogP contribution in [0.2, 0.25) is 0 Å². The fraction of sp³-hybridized carbons (Fsp3) is 0.900. The maximum absolute atomic E-state index is 11.6. The van der Waals surface area contributed by atoms with Gasteiger partial charge in [0.15, 0.2) is 0 Å². The Labute approximate surface area is 84.4 Å². The van der Waals surface area contributed by atoms with E-state index in [9.17, 15) is 4.79 Å². The maximum atomic E-state index is 11.6. The summed E-state index contributed by atoms with van der Waals surface area (Å²) in [7, 11) is 0. The van der Waals surface area contributed by atoms with E-state index in [1.807, 2.05) is 20.8 Å². The van der Waals surface area contributed by atoms with Crippen LogP contribution >= 0.6 is 0 Å². The first-order chi connectivity index (χ1) is 6.40. The molecule has 1 aliphatic heterocycles. The van der Waals surface area contributed by atoms with E-state index < -0.39 is 0 Å². The first-order valence-corrected chi connectivity index (χ1v) is 5.13. The lowest BCUT2D eigenvalue weighted by Crippen LogP contribution is -2.75. The van der Waals surface area contributed by atoms with Gasteiger partial charge in [-0.05, 0) is 33.6 Å². The van der Waals surface area contributed by atoms with E-state index in [0.29, 0.717) is 0 Å². The second-order valence-corrected chi connectivity index (χ2v) is 5.40. The molecule has 0 aromatic carbocycles. The van der Waals surface area contributed by atoms with Crippen LogP contribution in [-0.4, -0.2) is 23.7 Å². The highest BCUT2D eigenvalue weighted by molar-refractivity contribution is 5.74. The second kappa shape index (κ2) is 2.94. The van der Waals surface area contributed by atoms with Gasteiger partial charge in [0.25, 0.3) is 0 Å². The van der Waals surface area contributed by atoms with Crippen molar-refractivity contribution in [3.05, 3.63) is 0 Å². The van der Waals surface area contributed by atoms with E-state index in [0.717, 1.165) is 19.4 Å². The van der Waals surface area contributed by atoms with Crippen LogP contribution in [0.3, 0.4) is 0 Å². The van der Waals surface area contributed by atoms with Crippen LogP contribution in [0.1, 0.15) is 33.6 Å². The molecule has 0 bridgehead atoms. The number of rotatable bonds is 1. The van der Waals surface area contributed by atoms with Gasteiger partial charge in [-0.2, -0.15) is 0 Å². The number of nitrogens with one attached hydrogen (secondary N) is 2. The van der Waals surface area contributed by atoms with Gasteiger partial charge in [0.2, 0.25) is 0 Å². The van der Waals surface area contributed by atoms with Gasteiger partial charge in [-0.15, -0.1) is 0 Å². The number of carbonyl (C=O) groups is 1. The molecule has 2 fully saturated rings. The Morgan fingerprint density at radius 1 is 1.43 bits per heavy atom. The maximum Gasteiger partial charge on any atom is 0.309 e. The summed E-state index contributed by atoms with van der Waals surface area (Å²) in [6.45, 7) is 6.69. The highest BCUT2D eigenvalue weighted by Crippen LogP contribution is 2.40.